The zero-order valence-electron chi connectivity index (χ0n) is 18.5. The first-order chi connectivity index (χ1) is 15.8. The molecular formula is C24H26F3N3O3. The highest BCUT2D eigenvalue weighted by atomic mass is 19.4. The second-order valence-electron chi connectivity index (χ2n) is 8.04. The lowest BCUT2D eigenvalue weighted by Crippen LogP contribution is -2.44. The van der Waals surface area contributed by atoms with Crippen molar-refractivity contribution in [1.82, 2.24) is 4.90 Å². The molecule has 1 amide bonds. The van der Waals surface area contributed by atoms with E-state index in [1.807, 2.05) is 18.9 Å². The number of hydrogen-bond acceptors (Lipinski definition) is 5. The van der Waals surface area contributed by atoms with Crippen molar-refractivity contribution in [2.75, 3.05) is 56.7 Å². The summed E-state index contributed by atoms with van der Waals surface area (Å²) in [6.07, 6.45) is -3.00. The molecule has 2 aliphatic heterocycles. The van der Waals surface area contributed by atoms with E-state index in [-0.39, 0.29) is 17.9 Å². The Morgan fingerprint density at radius 2 is 1.91 bits per heavy atom. The monoisotopic (exact) mass is 461 g/mol. The molecule has 4 rings (SSSR count). The zero-order valence-corrected chi connectivity index (χ0v) is 18.5. The highest BCUT2D eigenvalue weighted by Gasteiger charge is 2.35. The Kier molecular flexibility index (Phi) is 6.51. The van der Waals surface area contributed by atoms with Crippen molar-refractivity contribution in [2.24, 2.45) is 0 Å². The Morgan fingerprint density at radius 1 is 1.15 bits per heavy atom. The van der Waals surface area contributed by atoms with Crippen LogP contribution in [-0.2, 0) is 11.0 Å². The first-order valence-electron chi connectivity index (χ1n) is 10.8. The molecule has 0 radical (unpaired) electrons. The van der Waals surface area contributed by atoms with Gasteiger partial charge in [-0.2, -0.15) is 13.2 Å². The molecular weight excluding hydrogens is 435 g/mol. The molecule has 0 aromatic heterocycles. The van der Waals surface area contributed by atoms with E-state index in [1.165, 1.54) is 6.07 Å². The molecule has 2 aromatic rings. The lowest BCUT2D eigenvalue weighted by atomic mass is 10.1. The van der Waals surface area contributed by atoms with Crippen LogP contribution in [0.25, 0.3) is 6.08 Å². The van der Waals surface area contributed by atoms with Gasteiger partial charge in [0.2, 0.25) is 0 Å². The number of benzene rings is 2. The second kappa shape index (κ2) is 9.35. The summed E-state index contributed by atoms with van der Waals surface area (Å²) in [6, 6.07) is 9.33. The van der Waals surface area contributed by atoms with Crippen LogP contribution in [0.4, 0.5) is 24.5 Å². The number of rotatable bonds is 5. The fraction of sp³-hybridized carbons (Fsp3) is 0.375. The Morgan fingerprint density at radius 3 is 2.61 bits per heavy atom. The van der Waals surface area contributed by atoms with Gasteiger partial charge in [0, 0.05) is 37.4 Å². The third kappa shape index (κ3) is 5.08. The predicted molar refractivity (Wildman–Crippen MR) is 121 cm³/mol. The fourth-order valence-corrected chi connectivity index (χ4v) is 3.92. The number of para-hydroxylation sites is 1. The Bertz CT molecular complexity index is 1060. The standard InChI is InChI=1S/C24H26F3N3O3/c1-3-32-21-6-4-5-16-13-17(15-33-22(16)21)23(31)28-20-8-7-18(14-19(20)24(25,26)27)30-11-9-29(2)10-12-30/h4-8,13-14H,3,9-12,15H2,1-2H3,(H,28,31). The number of ether oxygens (including phenoxy) is 2. The van der Waals surface area contributed by atoms with Crippen LogP contribution in [0.15, 0.2) is 42.0 Å². The average Bonchev–Trinajstić information content (AvgIpc) is 2.79. The van der Waals surface area contributed by atoms with Crippen LogP contribution in [0, 0.1) is 0 Å². The summed E-state index contributed by atoms with van der Waals surface area (Å²) in [4.78, 5) is 16.9. The molecule has 9 heteroatoms. The summed E-state index contributed by atoms with van der Waals surface area (Å²) in [7, 11) is 1.98. The lowest BCUT2D eigenvalue weighted by molar-refractivity contribution is -0.136. The molecule has 0 bridgehead atoms. The molecule has 1 saturated heterocycles. The average molecular weight is 461 g/mol. The number of halogens is 3. The van der Waals surface area contributed by atoms with Gasteiger partial charge in [-0.3, -0.25) is 4.79 Å². The quantitative estimate of drug-likeness (QED) is 0.721. The van der Waals surface area contributed by atoms with Crippen molar-refractivity contribution < 1.29 is 27.4 Å². The van der Waals surface area contributed by atoms with Gasteiger partial charge in [0.1, 0.15) is 6.61 Å². The third-order valence-corrected chi connectivity index (χ3v) is 5.73. The van der Waals surface area contributed by atoms with Crippen molar-refractivity contribution in [3.8, 4) is 11.5 Å². The minimum atomic E-state index is -4.61. The zero-order chi connectivity index (χ0) is 23.6. The van der Waals surface area contributed by atoms with E-state index in [9.17, 15) is 18.0 Å². The number of alkyl halides is 3. The van der Waals surface area contributed by atoms with Crippen LogP contribution >= 0.6 is 0 Å². The summed E-state index contributed by atoms with van der Waals surface area (Å²) in [5.41, 5.74) is 0.209. The Labute approximate surface area is 190 Å². The molecule has 0 spiro atoms. The first kappa shape index (κ1) is 23.0. The van der Waals surface area contributed by atoms with Gasteiger partial charge in [-0.05, 0) is 44.3 Å². The van der Waals surface area contributed by atoms with Crippen LogP contribution in [0.1, 0.15) is 18.1 Å². The minimum absolute atomic E-state index is 0.0658. The van der Waals surface area contributed by atoms with E-state index in [0.29, 0.717) is 42.4 Å². The van der Waals surface area contributed by atoms with Crippen LogP contribution in [0.5, 0.6) is 11.5 Å². The van der Waals surface area contributed by atoms with E-state index in [0.717, 1.165) is 19.2 Å². The SMILES string of the molecule is CCOc1cccc2c1OCC(C(=O)Nc1ccc(N3CCN(C)CC3)cc1C(F)(F)F)=C2. The number of carbonyl (C=O) groups is 1. The van der Waals surface area contributed by atoms with Gasteiger partial charge in [0.25, 0.3) is 5.91 Å². The molecule has 0 unspecified atom stereocenters. The number of anilines is 2. The Balaban J connectivity index is 1.57. The largest absolute Gasteiger partial charge is 0.490 e. The number of nitrogens with one attached hydrogen (secondary N) is 1. The molecule has 0 aliphatic carbocycles. The van der Waals surface area contributed by atoms with Gasteiger partial charge in [0.05, 0.1) is 23.4 Å². The molecule has 176 valence electrons. The van der Waals surface area contributed by atoms with Crippen molar-refractivity contribution in [2.45, 2.75) is 13.1 Å². The number of fused-ring (bicyclic) bond motifs is 1. The summed E-state index contributed by atoms with van der Waals surface area (Å²) in [5.74, 6) is 0.438. The van der Waals surface area contributed by atoms with Crippen LogP contribution in [-0.4, -0.2) is 57.2 Å². The molecule has 6 nitrogen and oxygen atoms in total. The normalized spacial score (nSPS) is 16.5. The number of carbonyl (C=O) groups excluding carboxylic acids is 1. The molecule has 2 heterocycles. The number of nitrogens with zero attached hydrogens (tertiary/aromatic N) is 2. The number of likely N-dealkylation sites (N-methyl/N-ethyl adjacent to an activating group) is 1. The van der Waals surface area contributed by atoms with E-state index < -0.39 is 17.6 Å². The lowest BCUT2D eigenvalue weighted by Gasteiger charge is -2.34. The van der Waals surface area contributed by atoms with E-state index in [1.54, 1.807) is 30.3 Å². The molecule has 2 aliphatic rings. The molecule has 2 aromatic carbocycles. The predicted octanol–water partition coefficient (Wildman–Crippen LogP) is 4.27. The van der Waals surface area contributed by atoms with Gasteiger partial charge >= 0.3 is 6.18 Å². The molecule has 1 N–H and O–H groups in total. The highest BCUT2D eigenvalue weighted by Crippen LogP contribution is 2.39. The van der Waals surface area contributed by atoms with Crippen LogP contribution < -0.4 is 19.7 Å². The van der Waals surface area contributed by atoms with E-state index in [4.69, 9.17) is 9.47 Å². The van der Waals surface area contributed by atoms with E-state index >= 15 is 0 Å². The summed E-state index contributed by atoms with van der Waals surface area (Å²) >= 11 is 0. The van der Waals surface area contributed by atoms with Gasteiger partial charge in [-0.25, -0.2) is 0 Å². The van der Waals surface area contributed by atoms with Crippen LogP contribution in [0.2, 0.25) is 0 Å². The van der Waals surface area contributed by atoms with Crippen LogP contribution in [0.3, 0.4) is 0 Å². The topological polar surface area (TPSA) is 54.0 Å². The summed E-state index contributed by atoms with van der Waals surface area (Å²) in [6.45, 7) is 5.09. The number of hydrogen-bond donors (Lipinski definition) is 1. The van der Waals surface area contributed by atoms with Crippen molar-refractivity contribution >= 4 is 23.4 Å². The molecule has 0 atom stereocenters. The van der Waals surface area contributed by atoms with Gasteiger partial charge in [-0.1, -0.05) is 12.1 Å². The second-order valence-corrected chi connectivity index (χ2v) is 8.04. The number of piperazine rings is 1. The number of amides is 1. The highest BCUT2D eigenvalue weighted by molar-refractivity contribution is 6.08. The van der Waals surface area contributed by atoms with Gasteiger partial charge in [-0.15, -0.1) is 0 Å². The van der Waals surface area contributed by atoms with Gasteiger partial charge in [0.15, 0.2) is 11.5 Å². The molecule has 33 heavy (non-hydrogen) atoms. The Hall–Kier alpha value is -3.20. The maximum absolute atomic E-state index is 13.8. The smallest absolute Gasteiger partial charge is 0.418 e. The third-order valence-electron chi connectivity index (χ3n) is 5.73. The van der Waals surface area contributed by atoms with Crippen molar-refractivity contribution in [3.05, 3.63) is 53.1 Å². The maximum atomic E-state index is 13.8. The van der Waals surface area contributed by atoms with Crippen molar-refractivity contribution in [1.29, 1.82) is 0 Å². The van der Waals surface area contributed by atoms with Gasteiger partial charge < -0.3 is 24.6 Å². The molecule has 0 saturated carbocycles. The summed E-state index contributed by atoms with van der Waals surface area (Å²) in [5, 5.41) is 2.43. The summed E-state index contributed by atoms with van der Waals surface area (Å²) < 4.78 is 52.7. The van der Waals surface area contributed by atoms with E-state index in [2.05, 4.69) is 10.2 Å². The maximum Gasteiger partial charge on any atom is 0.418 e. The fourth-order valence-electron chi connectivity index (χ4n) is 3.92. The first-order valence-corrected chi connectivity index (χ1v) is 10.8. The molecule has 1 fully saturated rings. The van der Waals surface area contributed by atoms with Crippen molar-refractivity contribution in [3.63, 3.8) is 0 Å². The minimum Gasteiger partial charge on any atom is -0.490 e.